The van der Waals surface area contributed by atoms with Gasteiger partial charge in [-0.2, -0.15) is 0 Å². The molecule has 1 heterocycles. The Morgan fingerprint density at radius 2 is 1.78 bits per heavy atom. The van der Waals surface area contributed by atoms with Gasteiger partial charge in [0, 0.05) is 12.2 Å². The number of hydrogen-bond acceptors (Lipinski definition) is 4. The smallest absolute Gasteiger partial charge is 0.328 e. The number of methoxy groups -OCH3 is 1. The maximum Gasteiger partial charge on any atom is 0.328 e. The molecule has 0 aliphatic carbocycles. The van der Waals surface area contributed by atoms with Crippen LogP contribution in [0.3, 0.4) is 0 Å². The molecule has 0 bridgehead atoms. The monoisotopic (exact) mass is 378 g/mol. The summed E-state index contributed by atoms with van der Waals surface area (Å²) in [6.07, 6.45) is 5.48. The quantitative estimate of drug-likeness (QED) is 0.500. The lowest BCUT2D eigenvalue weighted by molar-refractivity contribution is -0.144. The van der Waals surface area contributed by atoms with Gasteiger partial charge in [0.15, 0.2) is 0 Å². The minimum atomic E-state index is -0.786. The van der Waals surface area contributed by atoms with Crippen molar-refractivity contribution >= 4 is 11.9 Å². The Kier molecular flexibility index (Phi) is 9.26. The molecular formula is C21H34N2O4. The van der Waals surface area contributed by atoms with Crippen LogP contribution in [0.1, 0.15) is 74.5 Å². The van der Waals surface area contributed by atoms with E-state index in [1.807, 2.05) is 27.7 Å². The summed E-state index contributed by atoms with van der Waals surface area (Å²) in [5, 5.41) is 2.66. The van der Waals surface area contributed by atoms with E-state index in [1.165, 1.54) is 20.0 Å². The number of aromatic nitrogens is 1. The molecule has 0 spiro atoms. The van der Waals surface area contributed by atoms with Crippen LogP contribution in [0.5, 0.6) is 0 Å². The summed E-state index contributed by atoms with van der Waals surface area (Å²) in [6, 6.07) is 0.820. The van der Waals surface area contributed by atoms with Crippen LogP contribution in [0.2, 0.25) is 0 Å². The van der Waals surface area contributed by atoms with E-state index >= 15 is 0 Å². The average molecular weight is 379 g/mol. The van der Waals surface area contributed by atoms with Crippen LogP contribution in [0.25, 0.3) is 0 Å². The second kappa shape index (κ2) is 10.9. The minimum absolute atomic E-state index is 0.0706. The summed E-state index contributed by atoms with van der Waals surface area (Å²) >= 11 is 0. The van der Waals surface area contributed by atoms with Gasteiger partial charge in [0.25, 0.3) is 11.5 Å². The molecular weight excluding hydrogens is 344 g/mol. The highest BCUT2D eigenvalue weighted by Gasteiger charge is 2.27. The van der Waals surface area contributed by atoms with Crippen LogP contribution >= 0.6 is 0 Å². The molecule has 152 valence electrons. The molecule has 1 amide bonds. The molecule has 1 aromatic rings. The Balaban J connectivity index is 3.05. The molecule has 1 aromatic heterocycles. The third-order valence-corrected chi connectivity index (χ3v) is 4.95. The molecule has 0 aromatic carbocycles. The van der Waals surface area contributed by atoms with E-state index in [1.54, 1.807) is 10.6 Å². The Bertz CT molecular complexity index is 707. The minimum Gasteiger partial charge on any atom is -0.467 e. The van der Waals surface area contributed by atoms with Crippen molar-refractivity contribution in [1.29, 1.82) is 0 Å². The van der Waals surface area contributed by atoms with Crippen LogP contribution in [-0.4, -0.2) is 29.6 Å². The van der Waals surface area contributed by atoms with Gasteiger partial charge < -0.3 is 14.6 Å². The maximum absolute atomic E-state index is 12.9. The highest BCUT2D eigenvalue weighted by atomic mass is 16.5. The summed E-state index contributed by atoms with van der Waals surface area (Å²) in [5.41, 5.74) is 1.52. The van der Waals surface area contributed by atoms with E-state index in [0.29, 0.717) is 6.54 Å². The number of esters is 1. The Morgan fingerprint density at radius 1 is 1.15 bits per heavy atom. The summed E-state index contributed by atoms with van der Waals surface area (Å²) in [4.78, 5) is 37.5. The number of hydrogen-bond donors (Lipinski definition) is 1. The number of ether oxygens (including phenoxy) is 1. The second-order valence-corrected chi connectivity index (χ2v) is 7.42. The van der Waals surface area contributed by atoms with Crippen LogP contribution in [-0.2, 0) is 16.1 Å². The molecule has 0 aliphatic heterocycles. The normalized spacial score (nSPS) is 12.1. The second-order valence-electron chi connectivity index (χ2n) is 7.42. The Hall–Kier alpha value is -2.11. The van der Waals surface area contributed by atoms with Gasteiger partial charge in [-0.15, -0.1) is 0 Å². The first-order valence-electron chi connectivity index (χ1n) is 9.84. The number of amides is 1. The topological polar surface area (TPSA) is 77.4 Å². The van der Waals surface area contributed by atoms with Crippen LogP contribution in [0.4, 0.5) is 0 Å². The number of pyridine rings is 1. The van der Waals surface area contributed by atoms with Gasteiger partial charge in [-0.3, -0.25) is 9.59 Å². The number of aryl methyl sites for hydroxylation is 1. The van der Waals surface area contributed by atoms with E-state index in [0.717, 1.165) is 30.5 Å². The third kappa shape index (κ3) is 6.22. The predicted molar refractivity (Wildman–Crippen MR) is 107 cm³/mol. The van der Waals surface area contributed by atoms with Crippen molar-refractivity contribution in [3.63, 3.8) is 0 Å². The van der Waals surface area contributed by atoms with Gasteiger partial charge >= 0.3 is 5.97 Å². The SMILES string of the molecule is CCCCCCCn1c(C)c(C)cc(C(=O)N[C@H](C(=O)OC)C(C)C)c1=O. The van der Waals surface area contributed by atoms with Crippen LogP contribution < -0.4 is 10.9 Å². The molecule has 1 atom stereocenters. The molecule has 0 saturated heterocycles. The van der Waals surface area contributed by atoms with Crippen LogP contribution in [0, 0.1) is 19.8 Å². The lowest BCUT2D eigenvalue weighted by atomic mass is 10.0. The van der Waals surface area contributed by atoms with E-state index in [2.05, 4.69) is 12.2 Å². The third-order valence-electron chi connectivity index (χ3n) is 4.95. The zero-order valence-corrected chi connectivity index (χ0v) is 17.6. The molecule has 1 rings (SSSR count). The number of nitrogens with zero attached hydrogens (tertiary/aromatic N) is 1. The summed E-state index contributed by atoms with van der Waals surface area (Å²) < 4.78 is 6.43. The average Bonchev–Trinajstić information content (AvgIpc) is 2.63. The molecule has 27 heavy (non-hydrogen) atoms. The van der Waals surface area contributed by atoms with E-state index in [9.17, 15) is 14.4 Å². The molecule has 6 heteroatoms. The fourth-order valence-corrected chi connectivity index (χ4v) is 3.04. The van der Waals surface area contributed by atoms with E-state index in [4.69, 9.17) is 4.74 Å². The first kappa shape index (κ1) is 22.9. The number of carbonyl (C=O) groups is 2. The van der Waals surface area contributed by atoms with E-state index < -0.39 is 17.9 Å². The molecule has 0 unspecified atom stereocenters. The zero-order valence-electron chi connectivity index (χ0n) is 17.6. The number of unbranched alkanes of at least 4 members (excludes halogenated alkanes) is 4. The lowest BCUT2D eigenvalue weighted by Crippen LogP contribution is -2.46. The van der Waals surface area contributed by atoms with Crippen molar-refractivity contribution in [2.24, 2.45) is 5.92 Å². The van der Waals surface area contributed by atoms with Crippen molar-refractivity contribution in [2.75, 3.05) is 7.11 Å². The zero-order chi connectivity index (χ0) is 20.6. The summed E-state index contributed by atoms with van der Waals surface area (Å²) in [5.74, 6) is -1.20. The molecule has 1 N–H and O–H groups in total. The van der Waals surface area contributed by atoms with Gasteiger partial charge in [-0.25, -0.2) is 4.79 Å². The first-order chi connectivity index (χ1) is 12.7. The maximum atomic E-state index is 12.9. The van der Waals surface area contributed by atoms with Crippen LogP contribution in [0.15, 0.2) is 10.9 Å². The van der Waals surface area contributed by atoms with Crippen molar-refractivity contribution in [2.45, 2.75) is 79.3 Å². The summed E-state index contributed by atoms with van der Waals surface area (Å²) in [6.45, 7) is 10.2. The van der Waals surface area contributed by atoms with Crippen molar-refractivity contribution < 1.29 is 14.3 Å². The van der Waals surface area contributed by atoms with Gasteiger partial charge in [-0.1, -0.05) is 46.5 Å². The molecule has 0 aliphatic rings. The van der Waals surface area contributed by atoms with Crippen molar-refractivity contribution in [1.82, 2.24) is 9.88 Å². The van der Waals surface area contributed by atoms with E-state index in [-0.39, 0.29) is 17.0 Å². The lowest BCUT2D eigenvalue weighted by Gasteiger charge is -2.20. The van der Waals surface area contributed by atoms with Gasteiger partial charge in [0.2, 0.25) is 0 Å². The number of nitrogens with one attached hydrogen (secondary N) is 1. The van der Waals surface area contributed by atoms with Gasteiger partial charge in [-0.05, 0) is 37.8 Å². The standard InChI is InChI=1S/C21H34N2O4/c1-7-8-9-10-11-12-23-16(5)15(4)13-17(20(23)25)19(24)22-18(14(2)3)21(26)27-6/h13-14,18H,7-12H2,1-6H3,(H,22,24)/t18-/m0/s1. The van der Waals surface area contributed by atoms with Gasteiger partial charge in [0.05, 0.1) is 7.11 Å². The van der Waals surface area contributed by atoms with Crippen molar-refractivity contribution in [3.05, 3.63) is 33.2 Å². The number of carbonyl (C=O) groups excluding carboxylic acids is 2. The largest absolute Gasteiger partial charge is 0.467 e. The predicted octanol–water partition coefficient (Wildman–Crippen LogP) is 3.36. The summed E-state index contributed by atoms with van der Waals surface area (Å²) in [7, 11) is 1.28. The van der Waals surface area contributed by atoms with Crippen molar-refractivity contribution in [3.8, 4) is 0 Å². The molecule has 0 fully saturated rings. The Morgan fingerprint density at radius 3 is 2.33 bits per heavy atom. The fourth-order valence-electron chi connectivity index (χ4n) is 3.04. The molecule has 0 radical (unpaired) electrons. The molecule has 6 nitrogen and oxygen atoms in total. The number of rotatable bonds is 10. The fraction of sp³-hybridized carbons (Fsp3) is 0.667. The molecule has 0 saturated carbocycles. The first-order valence-corrected chi connectivity index (χ1v) is 9.84. The highest BCUT2D eigenvalue weighted by molar-refractivity contribution is 5.96. The van der Waals surface area contributed by atoms with Gasteiger partial charge in [0.1, 0.15) is 11.6 Å². The highest BCUT2D eigenvalue weighted by Crippen LogP contribution is 2.11. The Labute approximate surface area is 162 Å².